The van der Waals surface area contributed by atoms with Crippen molar-refractivity contribution in [1.82, 2.24) is 24.7 Å². The zero-order valence-electron chi connectivity index (χ0n) is 12.2. The molecule has 112 valence electrons. The summed E-state index contributed by atoms with van der Waals surface area (Å²) in [7, 11) is 1.87. The molecule has 3 rings (SSSR count). The van der Waals surface area contributed by atoms with E-state index in [0.29, 0.717) is 17.8 Å². The summed E-state index contributed by atoms with van der Waals surface area (Å²) in [5.41, 5.74) is 4.23. The van der Waals surface area contributed by atoms with E-state index in [0.717, 1.165) is 37.3 Å². The van der Waals surface area contributed by atoms with Gasteiger partial charge in [0.2, 0.25) is 17.8 Å². The molecule has 1 saturated heterocycles. The van der Waals surface area contributed by atoms with E-state index in [-0.39, 0.29) is 0 Å². The second-order valence-electron chi connectivity index (χ2n) is 5.05. The maximum atomic E-state index is 5.45. The molecule has 0 bridgehead atoms. The first-order valence-corrected chi connectivity index (χ1v) is 6.90. The first kappa shape index (κ1) is 13.6. The third kappa shape index (κ3) is 2.87. The van der Waals surface area contributed by atoms with E-state index in [9.17, 15) is 0 Å². The van der Waals surface area contributed by atoms with Gasteiger partial charge >= 0.3 is 0 Å². The van der Waals surface area contributed by atoms with Gasteiger partial charge in [-0.25, -0.2) is 5.84 Å². The molecule has 2 aromatic rings. The number of hydrogen-bond acceptors (Lipinski definition) is 8. The lowest BCUT2D eigenvalue weighted by molar-refractivity contribution is 0.756. The van der Waals surface area contributed by atoms with Crippen molar-refractivity contribution in [2.45, 2.75) is 19.8 Å². The van der Waals surface area contributed by atoms with Gasteiger partial charge in [-0.05, 0) is 19.8 Å². The van der Waals surface area contributed by atoms with Gasteiger partial charge in [-0.15, -0.1) is 0 Å². The Balaban J connectivity index is 1.90. The van der Waals surface area contributed by atoms with Crippen molar-refractivity contribution in [3.8, 4) is 0 Å². The van der Waals surface area contributed by atoms with E-state index in [1.54, 1.807) is 4.68 Å². The molecule has 0 spiro atoms. The van der Waals surface area contributed by atoms with Gasteiger partial charge in [-0.3, -0.25) is 10.1 Å². The van der Waals surface area contributed by atoms with Gasteiger partial charge in [0.1, 0.15) is 0 Å². The quantitative estimate of drug-likeness (QED) is 0.552. The van der Waals surface area contributed by atoms with Crippen molar-refractivity contribution in [3.05, 3.63) is 11.9 Å². The molecule has 0 amide bonds. The molecule has 0 radical (unpaired) electrons. The van der Waals surface area contributed by atoms with Gasteiger partial charge in [-0.1, -0.05) is 0 Å². The zero-order chi connectivity index (χ0) is 14.8. The fourth-order valence-electron chi connectivity index (χ4n) is 2.39. The number of nitrogens with two attached hydrogens (primary N) is 1. The van der Waals surface area contributed by atoms with E-state index in [2.05, 4.69) is 35.7 Å². The molecule has 9 heteroatoms. The van der Waals surface area contributed by atoms with Crippen molar-refractivity contribution in [2.75, 3.05) is 28.7 Å². The molecule has 1 aliphatic heterocycles. The molecule has 21 heavy (non-hydrogen) atoms. The number of hydrogen-bond donors (Lipinski definition) is 3. The van der Waals surface area contributed by atoms with Crippen LogP contribution in [0, 0.1) is 6.92 Å². The van der Waals surface area contributed by atoms with Crippen LogP contribution in [0.3, 0.4) is 0 Å². The summed E-state index contributed by atoms with van der Waals surface area (Å²) in [5.74, 6) is 6.88. The standard InChI is InChI=1S/C12H19N9/c1-8-9(7-20(2)19-8)14-10-15-11(18-13)17-12(16-10)21-5-3-4-6-21/h7H,3-6,13H2,1-2H3,(H2,14,15,16,17,18). The van der Waals surface area contributed by atoms with E-state index in [4.69, 9.17) is 5.84 Å². The average molecular weight is 289 g/mol. The van der Waals surface area contributed by atoms with Gasteiger partial charge in [0.25, 0.3) is 0 Å². The highest BCUT2D eigenvalue weighted by Crippen LogP contribution is 2.21. The van der Waals surface area contributed by atoms with Crippen molar-refractivity contribution in [2.24, 2.45) is 12.9 Å². The minimum Gasteiger partial charge on any atom is -0.341 e. The molecular weight excluding hydrogens is 270 g/mol. The summed E-state index contributed by atoms with van der Waals surface area (Å²) in [6, 6.07) is 0. The van der Waals surface area contributed by atoms with Gasteiger partial charge in [0, 0.05) is 26.3 Å². The van der Waals surface area contributed by atoms with Crippen LogP contribution >= 0.6 is 0 Å². The van der Waals surface area contributed by atoms with E-state index >= 15 is 0 Å². The molecule has 0 atom stereocenters. The van der Waals surface area contributed by atoms with Crippen molar-refractivity contribution >= 4 is 23.5 Å². The van der Waals surface area contributed by atoms with Crippen molar-refractivity contribution < 1.29 is 0 Å². The first-order chi connectivity index (χ1) is 10.2. The molecule has 3 heterocycles. The second-order valence-corrected chi connectivity index (χ2v) is 5.05. The van der Waals surface area contributed by atoms with Gasteiger partial charge in [0.15, 0.2) is 0 Å². The molecule has 1 aliphatic rings. The maximum absolute atomic E-state index is 5.45. The van der Waals surface area contributed by atoms with Crippen LogP contribution in [0.25, 0.3) is 0 Å². The Bertz CT molecular complexity index is 630. The number of nitrogen functional groups attached to an aromatic ring is 1. The minimum atomic E-state index is 0.343. The number of nitrogens with zero attached hydrogens (tertiary/aromatic N) is 6. The van der Waals surface area contributed by atoms with Crippen molar-refractivity contribution in [3.63, 3.8) is 0 Å². The SMILES string of the molecule is Cc1nn(C)cc1Nc1nc(NN)nc(N2CCCC2)n1. The number of nitrogens with one attached hydrogen (secondary N) is 2. The van der Waals surface area contributed by atoms with Crippen LogP contribution in [0.1, 0.15) is 18.5 Å². The molecule has 2 aromatic heterocycles. The summed E-state index contributed by atoms with van der Waals surface area (Å²) in [5, 5.41) is 7.45. The normalized spacial score (nSPS) is 14.5. The average Bonchev–Trinajstić information content (AvgIpc) is 3.09. The lowest BCUT2D eigenvalue weighted by atomic mass is 10.4. The van der Waals surface area contributed by atoms with E-state index in [1.807, 2.05) is 20.2 Å². The third-order valence-corrected chi connectivity index (χ3v) is 3.40. The van der Waals surface area contributed by atoms with Crippen LogP contribution < -0.4 is 21.5 Å². The maximum Gasteiger partial charge on any atom is 0.243 e. The molecule has 4 N–H and O–H groups in total. The first-order valence-electron chi connectivity index (χ1n) is 6.90. The highest BCUT2D eigenvalue weighted by molar-refractivity contribution is 5.57. The number of hydrazine groups is 1. The van der Waals surface area contributed by atoms with Crippen LogP contribution in [0.2, 0.25) is 0 Å². The molecule has 9 nitrogen and oxygen atoms in total. The topological polar surface area (TPSA) is 110 Å². The number of aromatic nitrogens is 5. The van der Waals surface area contributed by atoms with Crippen LogP contribution in [0.4, 0.5) is 23.5 Å². The molecule has 0 unspecified atom stereocenters. The van der Waals surface area contributed by atoms with E-state index < -0.39 is 0 Å². The van der Waals surface area contributed by atoms with Gasteiger partial charge in [-0.2, -0.15) is 20.1 Å². The smallest absolute Gasteiger partial charge is 0.243 e. The zero-order valence-corrected chi connectivity index (χ0v) is 12.2. The van der Waals surface area contributed by atoms with Crippen molar-refractivity contribution in [1.29, 1.82) is 0 Å². The van der Waals surface area contributed by atoms with Crippen LogP contribution in [-0.2, 0) is 7.05 Å². The summed E-state index contributed by atoms with van der Waals surface area (Å²) in [6.07, 6.45) is 4.19. The monoisotopic (exact) mass is 289 g/mol. The molecule has 0 aliphatic carbocycles. The fourth-order valence-corrected chi connectivity index (χ4v) is 2.39. The Kier molecular flexibility index (Phi) is 3.57. The molecular formula is C12H19N9. The Morgan fingerprint density at radius 3 is 2.48 bits per heavy atom. The third-order valence-electron chi connectivity index (χ3n) is 3.40. The second kappa shape index (κ2) is 5.52. The number of aryl methyl sites for hydroxylation is 2. The Morgan fingerprint density at radius 1 is 1.14 bits per heavy atom. The van der Waals surface area contributed by atoms with E-state index in [1.165, 1.54) is 0 Å². The highest BCUT2D eigenvalue weighted by atomic mass is 15.4. The Morgan fingerprint density at radius 2 is 1.86 bits per heavy atom. The van der Waals surface area contributed by atoms with Crippen LogP contribution in [-0.4, -0.2) is 37.8 Å². The highest BCUT2D eigenvalue weighted by Gasteiger charge is 2.17. The number of rotatable bonds is 4. The Labute approximate surface area is 122 Å². The summed E-state index contributed by atoms with van der Waals surface area (Å²) in [4.78, 5) is 15.1. The minimum absolute atomic E-state index is 0.343. The predicted molar refractivity (Wildman–Crippen MR) is 80.3 cm³/mol. The molecule has 1 fully saturated rings. The lowest BCUT2D eigenvalue weighted by Gasteiger charge is -2.16. The summed E-state index contributed by atoms with van der Waals surface area (Å²) < 4.78 is 1.74. The molecule has 0 saturated carbocycles. The number of anilines is 4. The van der Waals surface area contributed by atoms with Gasteiger partial charge < -0.3 is 10.2 Å². The fraction of sp³-hybridized carbons (Fsp3) is 0.500. The van der Waals surface area contributed by atoms with Gasteiger partial charge in [0.05, 0.1) is 11.4 Å². The van der Waals surface area contributed by atoms with Crippen LogP contribution in [0.15, 0.2) is 6.20 Å². The largest absolute Gasteiger partial charge is 0.341 e. The summed E-state index contributed by atoms with van der Waals surface area (Å²) >= 11 is 0. The van der Waals surface area contributed by atoms with Crippen LogP contribution in [0.5, 0.6) is 0 Å². The lowest BCUT2D eigenvalue weighted by Crippen LogP contribution is -2.23. The predicted octanol–water partition coefficient (Wildman–Crippen LogP) is 0.543. The molecule has 0 aromatic carbocycles. The Hall–Kier alpha value is -2.42. The summed E-state index contributed by atoms with van der Waals surface area (Å²) in [6.45, 7) is 3.84.